The highest BCUT2D eigenvalue weighted by atomic mass is 16.6. The first-order chi connectivity index (χ1) is 13.7. The minimum absolute atomic E-state index is 0.250. The molecule has 0 unspecified atom stereocenters. The van der Waals surface area contributed by atoms with Crippen LogP contribution in [0.15, 0.2) is 60.8 Å². The molecule has 3 aromatic rings. The Kier molecular flexibility index (Phi) is 4.85. The first kappa shape index (κ1) is 17.9. The van der Waals surface area contributed by atoms with E-state index in [2.05, 4.69) is 4.98 Å². The SMILES string of the molecule is CCOC(=O)C1=CN(C(=O)Oc2ccccc2)CCc2c1[nH]c1ccccc21. The van der Waals surface area contributed by atoms with Gasteiger partial charge >= 0.3 is 12.1 Å². The van der Waals surface area contributed by atoms with E-state index in [1.54, 1.807) is 31.2 Å². The van der Waals surface area contributed by atoms with E-state index in [4.69, 9.17) is 9.47 Å². The second-order valence-corrected chi connectivity index (χ2v) is 6.41. The van der Waals surface area contributed by atoms with E-state index >= 15 is 0 Å². The van der Waals surface area contributed by atoms with Crippen LogP contribution in [-0.4, -0.2) is 35.1 Å². The minimum Gasteiger partial charge on any atom is -0.462 e. The number of hydrogen-bond donors (Lipinski definition) is 1. The Balaban J connectivity index is 1.72. The molecular formula is C22H20N2O4. The van der Waals surface area contributed by atoms with Gasteiger partial charge in [0, 0.05) is 23.6 Å². The molecule has 0 spiro atoms. The van der Waals surface area contributed by atoms with Crippen molar-refractivity contribution in [1.29, 1.82) is 0 Å². The molecule has 142 valence electrons. The molecule has 2 aromatic carbocycles. The van der Waals surface area contributed by atoms with Crippen LogP contribution in [0.1, 0.15) is 18.2 Å². The van der Waals surface area contributed by atoms with Crippen LogP contribution in [0.25, 0.3) is 16.5 Å². The number of hydrogen-bond acceptors (Lipinski definition) is 4. The Morgan fingerprint density at radius 3 is 2.61 bits per heavy atom. The molecule has 28 heavy (non-hydrogen) atoms. The van der Waals surface area contributed by atoms with Crippen molar-refractivity contribution < 1.29 is 19.1 Å². The van der Waals surface area contributed by atoms with Crippen molar-refractivity contribution in [2.45, 2.75) is 13.3 Å². The Bertz CT molecular complexity index is 1050. The Morgan fingerprint density at radius 2 is 1.82 bits per heavy atom. The average molecular weight is 376 g/mol. The first-order valence-corrected chi connectivity index (χ1v) is 9.19. The molecule has 1 aliphatic heterocycles. The van der Waals surface area contributed by atoms with Crippen LogP contribution in [0, 0.1) is 0 Å². The molecule has 0 saturated heterocycles. The third kappa shape index (κ3) is 3.36. The number of nitrogens with one attached hydrogen (secondary N) is 1. The summed E-state index contributed by atoms with van der Waals surface area (Å²) in [6.07, 6.45) is 1.56. The van der Waals surface area contributed by atoms with Crippen LogP contribution in [0.4, 0.5) is 4.79 Å². The zero-order valence-corrected chi connectivity index (χ0v) is 15.5. The smallest absolute Gasteiger partial charge is 0.419 e. The van der Waals surface area contributed by atoms with Crippen molar-refractivity contribution in [1.82, 2.24) is 9.88 Å². The third-order valence-electron chi connectivity index (χ3n) is 4.65. The molecule has 6 heteroatoms. The van der Waals surface area contributed by atoms with E-state index in [0.717, 1.165) is 16.5 Å². The van der Waals surface area contributed by atoms with Gasteiger partial charge in [-0.1, -0.05) is 36.4 Å². The molecular weight excluding hydrogens is 356 g/mol. The number of aromatic nitrogens is 1. The lowest BCUT2D eigenvalue weighted by Gasteiger charge is -2.17. The zero-order chi connectivity index (χ0) is 19.5. The van der Waals surface area contributed by atoms with Crippen LogP contribution >= 0.6 is 0 Å². The van der Waals surface area contributed by atoms with E-state index in [1.165, 1.54) is 11.1 Å². The molecule has 1 aromatic heterocycles. The van der Waals surface area contributed by atoms with Gasteiger partial charge in [-0.3, -0.25) is 4.90 Å². The Labute approximate surface area is 162 Å². The monoisotopic (exact) mass is 376 g/mol. The fourth-order valence-corrected chi connectivity index (χ4v) is 3.36. The molecule has 0 aliphatic carbocycles. The number of carbonyl (C=O) groups excluding carboxylic acids is 2. The largest absolute Gasteiger partial charge is 0.462 e. The van der Waals surface area contributed by atoms with Crippen molar-refractivity contribution in [3.8, 4) is 5.75 Å². The number of amides is 1. The topological polar surface area (TPSA) is 71.6 Å². The number of aromatic amines is 1. The molecule has 2 heterocycles. The lowest BCUT2D eigenvalue weighted by molar-refractivity contribution is -0.136. The molecule has 0 saturated carbocycles. The van der Waals surface area contributed by atoms with Gasteiger partial charge in [0.05, 0.1) is 17.9 Å². The predicted octanol–water partition coefficient (Wildman–Crippen LogP) is 4.13. The summed E-state index contributed by atoms with van der Waals surface area (Å²) >= 11 is 0. The van der Waals surface area contributed by atoms with E-state index in [1.807, 2.05) is 30.3 Å². The van der Waals surface area contributed by atoms with E-state index < -0.39 is 12.1 Å². The number of para-hydroxylation sites is 2. The van der Waals surface area contributed by atoms with E-state index in [-0.39, 0.29) is 6.61 Å². The highest BCUT2D eigenvalue weighted by molar-refractivity contribution is 6.18. The maximum absolute atomic E-state index is 12.7. The highest BCUT2D eigenvalue weighted by Gasteiger charge is 2.27. The van der Waals surface area contributed by atoms with Gasteiger partial charge in [-0.15, -0.1) is 0 Å². The number of carbonyl (C=O) groups is 2. The van der Waals surface area contributed by atoms with Gasteiger partial charge in [0.25, 0.3) is 0 Å². The van der Waals surface area contributed by atoms with Gasteiger partial charge in [0.15, 0.2) is 0 Å². The summed E-state index contributed by atoms with van der Waals surface area (Å²) in [7, 11) is 0. The fourth-order valence-electron chi connectivity index (χ4n) is 3.36. The van der Waals surface area contributed by atoms with E-state index in [0.29, 0.717) is 30.0 Å². The van der Waals surface area contributed by atoms with Crippen LogP contribution in [0.3, 0.4) is 0 Å². The number of fused-ring (bicyclic) bond motifs is 3. The van der Waals surface area contributed by atoms with Crippen LogP contribution in [0.5, 0.6) is 5.75 Å². The summed E-state index contributed by atoms with van der Waals surface area (Å²) < 4.78 is 10.7. The number of benzene rings is 2. The predicted molar refractivity (Wildman–Crippen MR) is 106 cm³/mol. The lowest BCUT2D eigenvalue weighted by Crippen LogP contribution is -2.30. The number of nitrogens with zero attached hydrogens (tertiary/aromatic N) is 1. The Hall–Kier alpha value is -3.54. The number of rotatable bonds is 3. The number of ether oxygens (including phenoxy) is 2. The third-order valence-corrected chi connectivity index (χ3v) is 4.65. The van der Waals surface area contributed by atoms with Crippen LogP contribution in [-0.2, 0) is 16.0 Å². The highest BCUT2D eigenvalue weighted by Crippen LogP contribution is 2.31. The average Bonchev–Trinajstić information content (AvgIpc) is 2.96. The maximum atomic E-state index is 12.7. The van der Waals surface area contributed by atoms with Gasteiger partial charge in [-0.2, -0.15) is 0 Å². The molecule has 1 amide bonds. The second-order valence-electron chi connectivity index (χ2n) is 6.41. The summed E-state index contributed by atoms with van der Waals surface area (Å²) in [6, 6.07) is 16.7. The van der Waals surface area contributed by atoms with Crippen LogP contribution in [0.2, 0.25) is 0 Å². The first-order valence-electron chi connectivity index (χ1n) is 9.19. The fraction of sp³-hybridized carbons (Fsp3) is 0.182. The number of esters is 1. The molecule has 4 rings (SSSR count). The van der Waals surface area contributed by atoms with E-state index in [9.17, 15) is 9.59 Å². The molecule has 0 radical (unpaired) electrons. The standard InChI is InChI=1S/C22H20N2O4/c1-2-27-21(25)18-14-24(22(26)28-15-8-4-3-5-9-15)13-12-17-16-10-6-7-11-19(16)23-20(17)18/h3-11,14,23H,2,12-13H2,1H3. The van der Waals surface area contributed by atoms with Gasteiger partial charge < -0.3 is 14.5 Å². The minimum atomic E-state index is -0.539. The normalized spacial score (nSPS) is 13.5. The molecule has 6 nitrogen and oxygen atoms in total. The summed E-state index contributed by atoms with van der Waals surface area (Å²) in [5, 5.41) is 1.03. The van der Waals surface area contributed by atoms with Crippen molar-refractivity contribution >= 4 is 28.5 Å². The van der Waals surface area contributed by atoms with Gasteiger partial charge in [-0.05, 0) is 37.1 Å². The van der Waals surface area contributed by atoms with Crippen molar-refractivity contribution in [2.75, 3.05) is 13.2 Å². The summed E-state index contributed by atoms with van der Waals surface area (Å²) in [4.78, 5) is 30.0. The molecule has 0 bridgehead atoms. The summed E-state index contributed by atoms with van der Waals surface area (Å²) in [5.41, 5.74) is 2.94. The summed E-state index contributed by atoms with van der Waals surface area (Å²) in [5.74, 6) is -0.0264. The maximum Gasteiger partial charge on any atom is 0.419 e. The van der Waals surface area contributed by atoms with Crippen molar-refractivity contribution in [3.05, 3.63) is 72.1 Å². The lowest BCUT2D eigenvalue weighted by atomic mass is 10.0. The molecule has 1 N–H and O–H groups in total. The zero-order valence-electron chi connectivity index (χ0n) is 15.5. The van der Waals surface area contributed by atoms with Gasteiger partial charge in [0.1, 0.15) is 5.75 Å². The molecule has 0 fully saturated rings. The quantitative estimate of drug-likeness (QED) is 0.698. The molecule has 1 aliphatic rings. The Morgan fingerprint density at radius 1 is 1.07 bits per heavy atom. The van der Waals surface area contributed by atoms with Crippen molar-refractivity contribution in [3.63, 3.8) is 0 Å². The van der Waals surface area contributed by atoms with Crippen molar-refractivity contribution in [2.24, 2.45) is 0 Å². The second kappa shape index (κ2) is 7.60. The van der Waals surface area contributed by atoms with Crippen LogP contribution < -0.4 is 4.74 Å². The van der Waals surface area contributed by atoms with Gasteiger partial charge in [-0.25, -0.2) is 9.59 Å². The number of H-pyrrole nitrogens is 1. The van der Waals surface area contributed by atoms with Gasteiger partial charge in [0.2, 0.25) is 0 Å². The molecule has 0 atom stereocenters. The summed E-state index contributed by atoms with van der Waals surface area (Å²) in [6.45, 7) is 2.40.